The molecule has 0 radical (unpaired) electrons. The standard InChI is InChI=1S/C19H18N2O3S/c1-12(22)20-14-9-7-13(8-10-14)16-11-25-19(21-16)15-5-4-6-17(23-2)18(15)24-3/h4-11H,1-3H3,(H,20,22). The molecule has 6 heteroatoms. The Morgan fingerprint density at radius 3 is 2.48 bits per heavy atom. The summed E-state index contributed by atoms with van der Waals surface area (Å²) in [6.07, 6.45) is 0. The maximum atomic E-state index is 11.1. The number of methoxy groups -OCH3 is 2. The number of thiazole rings is 1. The van der Waals surface area contributed by atoms with Crippen LogP contribution in [0.3, 0.4) is 0 Å². The molecular formula is C19H18N2O3S. The molecule has 1 N–H and O–H groups in total. The Kier molecular flexibility index (Phi) is 5.00. The Bertz CT molecular complexity index is 888. The lowest BCUT2D eigenvalue weighted by Gasteiger charge is -2.10. The maximum Gasteiger partial charge on any atom is 0.221 e. The van der Waals surface area contributed by atoms with Crippen molar-refractivity contribution in [2.24, 2.45) is 0 Å². The third-order valence-electron chi connectivity index (χ3n) is 3.64. The SMILES string of the molecule is COc1cccc(-c2nc(-c3ccc(NC(C)=O)cc3)cs2)c1OC. The molecule has 2 aromatic carbocycles. The first-order chi connectivity index (χ1) is 12.1. The molecule has 3 aromatic rings. The number of para-hydroxylation sites is 1. The van der Waals surface area contributed by atoms with Gasteiger partial charge in [0.25, 0.3) is 0 Å². The molecule has 0 aliphatic rings. The molecule has 0 bridgehead atoms. The van der Waals surface area contributed by atoms with Crippen molar-refractivity contribution in [3.63, 3.8) is 0 Å². The van der Waals surface area contributed by atoms with Crippen LogP contribution in [0.25, 0.3) is 21.8 Å². The van der Waals surface area contributed by atoms with Crippen molar-refractivity contribution in [2.45, 2.75) is 6.92 Å². The van der Waals surface area contributed by atoms with Crippen molar-refractivity contribution in [3.8, 4) is 33.3 Å². The highest BCUT2D eigenvalue weighted by Gasteiger charge is 2.15. The van der Waals surface area contributed by atoms with Crippen LogP contribution in [0.2, 0.25) is 0 Å². The molecule has 0 aliphatic heterocycles. The van der Waals surface area contributed by atoms with E-state index in [0.717, 1.165) is 27.5 Å². The highest BCUT2D eigenvalue weighted by atomic mass is 32.1. The molecule has 3 rings (SSSR count). The zero-order valence-electron chi connectivity index (χ0n) is 14.2. The Hall–Kier alpha value is -2.86. The van der Waals surface area contributed by atoms with Gasteiger partial charge in [0.15, 0.2) is 11.5 Å². The summed E-state index contributed by atoms with van der Waals surface area (Å²) in [7, 11) is 3.24. The second-order valence-corrected chi connectivity index (χ2v) is 6.20. The molecule has 0 spiro atoms. The van der Waals surface area contributed by atoms with Gasteiger partial charge in [0.1, 0.15) is 5.01 Å². The fraction of sp³-hybridized carbons (Fsp3) is 0.158. The van der Waals surface area contributed by atoms with Gasteiger partial charge in [0.2, 0.25) is 5.91 Å². The lowest BCUT2D eigenvalue weighted by atomic mass is 10.1. The van der Waals surface area contributed by atoms with Gasteiger partial charge in [-0.05, 0) is 24.3 Å². The summed E-state index contributed by atoms with van der Waals surface area (Å²) in [6.45, 7) is 1.49. The second kappa shape index (κ2) is 7.36. The minimum Gasteiger partial charge on any atom is -0.493 e. The average Bonchev–Trinajstić information content (AvgIpc) is 3.11. The lowest BCUT2D eigenvalue weighted by Crippen LogP contribution is -2.05. The number of anilines is 1. The minimum absolute atomic E-state index is 0.0891. The van der Waals surface area contributed by atoms with Crippen LogP contribution in [0.1, 0.15) is 6.92 Å². The normalized spacial score (nSPS) is 10.4. The van der Waals surface area contributed by atoms with Gasteiger partial charge in [-0.25, -0.2) is 4.98 Å². The van der Waals surface area contributed by atoms with Crippen molar-refractivity contribution in [3.05, 3.63) is 47.8 Å². The van der Waals surface area contributed by atoms with E-state index in [-0.39, 0.29) is 5.91 Å². The van der Waals surface area contributed by atoms with E-state index >= 15 is 0 Å². The molecule has 0 unspecified atom stereocenters. The molecule has 0 saturated heterocycles. The van der Waals surface area contributed by atoms with Crippen molar-refractivity contribution in [2.75, 3.05) is 19.5 Å². The number of rotatable bonds is 5. The molecule has 0 atom stereocenters. The minimum atomic E-state index is -0.0891. The Morgan fingerprint density at radius 1 is 1.08 bits per heavy atom. The van der Waals surface area contributed by atoms with E-state index < -0.39 is 0 Å². The van der Waals surface area contributed by atoms with E-state index in [4.69, 9.17) is 14.5 Å². The van der Waals surface area contributed by atoms with Crippen LogP contribution in [-0.2, 0) is 4.79 Å². The van der Waals surface area contributed by atoms with E-state index in [0.29, 0.717) is 11.5 Å². The lowest BCUT2D eigenvalue weighted by molar-refractivity contribution is -0.114. The Morgan fingerprint density at radius 2 is 1.84 bits per heavy atom. The van der Waals surface area contributed by atoms with E-state index in [1.54, 1.807) is 25.6 Å². The van der Waals surface area contributed by atoms with Gasteiger partial charge in [0.05, 0.1) is 25.5 Å². The number of aromatic nitrogens is 1. The number of benzene rings is 2. The summed E-state index contributed by atoms with van der Waals surface area (Å²) in [5.41, 5.74) is 3.52. The highest BCUT2D eigenvalue weighted by Crippen LogP contribution is 2.40. The van der Waals surface area contributed by atoms with Gasteiger partial charge >= 0.3 is 0 Å². The number of amides is 1. The highest BCUT2D eigenvalue weighted by molar-refractivity contribution is 7.13. The molecule has 1 aromatic heterocycles. The summed E-state index contributed by atoms with van der Waals surface area (Å²) < 4.78 is 10.8. The third-order valence-corrected chi connectivity index (χ3v) is 4.51. The number of hydrogen-bond acceptors (Lipinski definition) is 5. The second-order valence-electron chi connectivity index (χ2n) is 5.34. The van der Waals surface area contributed by atoms with Gasteiger partial charge in [-0.3, -0.25) is 4.79 Å². The topological polar surface area (TPSA) is 60.5 Å². The van der Waals surface area contributed by atoms with Gasteiger partial charge in [-0.15, -0.1) is 11.3 Å². The van der Waals surface area contributed by atoms with Crippen molar-refractivity contribution >= 4 is 22.9 Å². The largest absolute Gasteiger partial charge is 0.493 e. The molecule has 128 valence electrons. The Balaban J connectivity index is 1.92. The molecule has 1 heterocycles. The summed E-state index contributed by atoms with van der Waals surface area (Å²) in [5, 5.41) is 5.61. The molecule has 1 amide bonds. The van der Waals surface area contributed by atoms with E-state index in [2.05, 4.69) is 5.32 Å². The van der Waals surface area contributed by atoms with Gasteiger partial charge in [-0.1, -0.05) is 18.2 Å². The number of carbonyl (C=O) groups is 1. The van der Waals surface area contributed by atoms with E-state index in [1.807, 2.05) is 47.8 Å². The quantitative estimate of drug-likeness (QED) is 0.735. The number of hydrogen-bond donors (Lipinski definition) is 1. The van der Waals surface area contributed by atoms with Gasteiger partial charge < -0.3 is 14.8 Å². The molecular weight excluding hydrogens is 336 g/mol. The zero-order valence-corrected chi connectivity index (χ0v) is 15.0. The monoisotopic (exact) mass is 354 g/mol. The molecule has 25 heavy (non-hydrogen) atoms. The van der Waals surface area contributed by atoms with Crippen LogP contribution in [0.5, 0.6) is 11.5 Å². The molecule has 0 fully saturated rings. The number of ether oxygens (including phenoxy) is 2. The summed E-state index contributed by atoms with van der Waals surface area (Å²) in [6, 6.07) is 13.3. The summed E-state index contributed by atoms with van der Waals surface area (Å²) in [5.74, 6) is 1.26. The van der Waals surface area contributed by atoms with Crippen LogP contribution >= 0.6 is 11.3 Å². The first-order valence-electron chi connectivity index (χ1n) is 7.67. The number of carbonyl (C=O) groups excluding carboxylic acids is 1. The Labute approximate surface area is 150 Å². The van der Waals surface area contributed by atoms with Gasteiger partial charge in [-0.2, -0.15) is 0 Å². The van der Waals surface area contributed by atoms with Crippen LogP contribution < -0.4 is 14.8 Å². The summed E-state index contributed by atoms with van der Waals surface area (Å²) >= 11 is 1.54. The fourth-order valence-electron chi connectivity index (χ4n) is 2.51. The average molecular weight is 354 g/mol. The molecule has 5 nitrogen and oxygen atoms in total. The maximum absolute atomic E-state index is 11.1. The first-order valence-corrected chi connectivity index (χ1v) is 8.55. The first kappa shape index (κ1) is 17.0. The number of nitrogens with one attached hydrogen (secondary N) is 1. The van der Waals surface area contributed by atoms with Gasteiger partial charge in [0, 0.05) is 23.6 Å². The fourth-order valence-corrected chi connectivity index (χ4v) is 3.36. The van der Waals surface area contributed by atoms with Crippen LogP contribution in [-0.4, -0.2) is 25.1 Å². The molecule has 0 aliphatic carbocycles. The van der Waals surface area contributed by atoms with Crippen molar-refractivity contribution in [1.29, 1.82) is 0 Å². The predicted octanol–water partition coefficient (Wildman–Crippen LogP) is 4.45. The van der Waals surface area contributed by atoms with Crippen LogP contribution in [0, 0.1) is 0 Å². The van der Waals surface area contributed by atoms with Crippen LogP contribution in [0.4, 0.5) is 5.69 Å². The van der Waals surface area contributed by atoms with Crippen molar-refractivity contribution < 1.29 is 14.3 Å². The zero-order chi connectivity index (χ0) is 17.8. The van der Waals surface area contributed by atoms with Crippen molar-refractivity contribution in [1.82, 2.24) is 4.98 Å². The number of nitrogens with zero attached hydrogens (tertiary/aromatic N) is 1. The smallest absolute Gasteiger partial charge is 0.221 e. The predicted molar refractivity (Wildman–Crippen MR) is 100 cm³/mol. The molecule has 0 saturated carbocycles. The summed E-state index contributed by atoms with van der Waals surface area (Å²) in [4.78, 5) is 15.8. The van der Waals surface area contributed by atoms with E-state index in [1.165, 1.54) is 6.92 Å². The van der Waals surface area contributed by atoms with E-state index in [9.17, 15) is 4.79 Å². The van der Waals surface area contributed by atoms with Crippen LogP contribution in [0.15, 0.2) is 47.8 Å². The third kappa shape index (κ3) is 3.64.